The van der Waals surface area contributed by atoms with Crippen LogP contribution in [0.4, 0.5) is 0 Å². The summed E-state index contributed by atoms with van der Waals surface area (Å²) in [7, 11) is 0. The van der Waals surface area contributed by atoms with E-state index in [1.165, 1.54) is 22.3 Å². The Kier molecular flexibility index (Phi) is 6.51. The Labute approximate surface area is 212 Å². The number of benzene rings is 3. The van der Waals surface area contributed by atoms with Crippen LogP contribution < -0.4 is 4.74 Å². The second-order valence-electron chi connectivity index (χ2n) is 9.62. The maximum absolute atomic E-state index is 10.7. The molecular weight excluding hydrogens is 446 g/mol. The molecule has 1 aromatic heterocycles. The Bertz CT molecular complexity index is 1320. The van der Waals surface area contributed by atoms with Crippen LogP contribution in [0.25, 0.3) is 23.1 Å². The zero-order chi connectivity index (χ0) is 24.3. The van der Waals surface area contributed by atoms with Gasteiger partial charge >= 0.3 is 0 Å². The summed E-state index contributed by atoms with van der Waals surface area (Å²) in [6.07, 6.45) is 5.72. The van der Waals surface area contributed by atoms with Crippen LogP contribution >= 0.6 is 0 Å². The van der Waals surface area contributed by atoms with Gasteiger partial charge in [0.1, 0.15) is 18.5 Å². The lowest BCUT2D eigenvalue weighted by molar-refractivity contribution is 0.0404. The van der Waals surface area contributed by atoms with Crippen molar-refractivity contribution in [3.05, 3.63) is 107 Å². The largest absolute Gasteiger partial charge is 0.490 e. The molecule has 1 aliphatic carbocycles. The summed E-state index contributed by atoms with van der Waals surface area (Å²) in [5.41, 5.74) is 6.21. The number of rotatable bonds is 6. The van der Waals surface area contributed by atoms with Crippen molar-refractivity contribution in [1.82, 2.24) is 14.8 Å². The van der Waals surface area contributed by atoms with Crippen LogP contribution in [0.5, 0.6) is 5.75 Å². The Hall–Kier alpha value is -3.51. The van der Waals surface area contributed by atoms with Crippen molar-refractivity contribution < 1.29 is 9.84 Å². The zero-order valence-corrected chi connectivity index (χ0v) is 20.3. The molecule has 3 aromatic carbocycles. The Morgan fingerprint density at radius 2 is 1.50 bits per heavy atom. The first kappa shape index (κ1) is 22.9. The molecule has 4 aromatic rings. The normalized spacial score (nSPS) is 17.4. The van der Waals surface area contributed by atoms with Crippen molar-refractivity contribution >= 4 is 23.1 Å². The highest BCUT2D eigenvalue weighted by molar-refractivity contribution is 5.84. The van der Waals surface area contributed by atoms with Gasteiger partial charge in [0.05, 0.1) is 11.6 Å². The molecule has 1 aliphatic heterocycles. The molecular formula is C31H31N3O2. The predicted molar refractivity (Wildman–Crippen MR) is 145 cm³/mol. The van der Waals surface area contributed by atoms with E-state index in [1.807, 2.05) is 30.3 Å². The minimum atomic E-state index is -0.549. The lowest BCUT2D eigenvalue weighted by atomic mass is 9.92. The maximum atomic E-state index is 10.7. The number of aliphatic hydroxyl groups is 1. The Balaban J connectivity index is 1.10. The first-order chi connectivity index (χ1) is 17.8. The second-order valence-corrected chi connectivity index (χ2v) is 9.62. The van der Waals surface area contributed by atoms with Gasteiger partial charge < -0.3 is 9.84 Å². The van der Waals surface area contributed by atoms with Crippen molar-refractivity contribution in [3.63, 3.8) is 0 Å². The SMILES string of the molecule is OC(COc1cccc2ncccc12)CN1CCN(C2c3ccccc3C=Cc3ccccc32)CC1. The third-order valence-corrected chi connectivity index (χ3v) is 7.30. The van der Waals surface area contributed by atoms with E-state index in [4.69, 9.17) is 4.74 Å². The lowest BCUT2D eigenvalue weighted by Crippen LogP contribution is -2.50. The van der Waals surface area contributed by atoms with Gasteiger partial charge in [-0.15, -0.1) is 0 Å². The summed E-state index contributed by atoms with van der Waals surface area (Å²) in [6, 6.07) is 27.5. The van der Waals surface area contributed by atoms with Gasteiger partial charge in [0.25, 0.3) is 0 Å². The van der Waals surface area contributed by atoms with Crippen LogP contribution in [0.15, 0.2) is 85.1 Å². The monoisotopic (exact) mass is 477 g/mol. The lowest BCUT2D eigenvalue weighted by Gasteiger charge is -2.40. The topological polar surface area (TPSA) is 48.8 Å². The number of hydrogen-bond acceptors (Lipinski definition) is 5. The van der Waals surface area contributed by atoms with Crippen LogP contribution in [0, 0.1) is 0 Å². The molecule has 5 heteroatoms. The molecule has 2 heterocycles. The van der Waals surface area contributed by atoms with Gasteiger partial charge in [0, 0.05) is 44.3 Å². The molecule has 0 amide bonds. The number of β-amino-alcohol motifs (C(OH)–C–C–N with tert-alkyl or cyclic N) is 1. The van der Waals surface area contributed by atoms with Gasteiger partial charge in [-0.3, -0.25) is 14.8 Å². The maximum Gasteiger partial charge on any atom is 0.128 e. The van der Waals surface area contributed by atoms with E-state index in [1.54, 1.807) is 6.20 Å². The van der Waals surface area contributed by atoms with Crippen LogP contribution in [-0.2, 0) is 0 Å². The Morgan fingerprint density at radius 3 is 2.22 bits per heavy atom. The minimum absolute atomic E-state index is 0.239. The predicted octanol–water partition coefficient (Wildman–Crippen LogP) is 4.87. The average molecular weight is 478 g/mol. The number of aromatic nitrogens is 1. The highest BCUT2D eigenvalue weighted by Gasteiger charge is 2.30. The van der Waals surface area contributed by atoms with Crippen molar-refractivity contribution in [2.75, 3.05) is 39.3 Å². The molecule has 0 radical (unpaired) electrons. The van der Waals surface area contributed by atoms with Crippen LogP contribution in [-0.4, -0.2) is 65.3 Å². The first-order valence-corrected chi connectivity index (χ1v) is 12.7. The van der Waals surface area contributed by atoms with E-state index >= 15 is 0 Å². The summed E-state index contributed by atoms with van der Waals surface area (Å²) in [5.74, 6) is 0.767. The van der Waals surface area contributed by atoms with Gasteiger partial charge in [-0.2, -0.15) is 0 Å². The van der Waals surface area contributed by atoms with Crippen molar-refractivity contribution in [3.8, 4) is 5.75 Å². The fourth-order valence-corrected chi connectivity index (χ4v) is 5.51. The van der Waals surface area contributed by atoms with E-state index in [0.717, 1.165) is 42.8 Å². The third-order valence-electron chi connectivity index (χ3n) is 7.30. The molecule has 182 valence electrons. The minimum Gasteiger partial charge on any atom is -0.490 e. The summed E-state index contributed by atoms with van der Waals surface area (Å²) in [5, 5.41) is 11.7. The molecule has 0 saturated carbocycles. The molecule has 1 fully saturated rings. The molecule has 1 saturated heterocycles. The fraction of sp³-hybridized carbons (Fsp3) is 0.258. The van der Waals surface area contributed by atoms with Crippen LogP contribution in [0.2, 0.25) is 0 Å². The molecule has 2 aliphatic rings. The molecule has 36 heavy (non-hydrogen) atoms. The molecule has 6 rings (SSSR count). The summed E-state index contributed by atoms with van der Waals surface area (Å²) >= 11 is 0. The van der Waals surface area contributed by atoms with Gasteiger partial charge in [-0.1, -0.05) is 66.7 Å². The summed E-state index contributed by atoms with van der Waals surface area (Å²) in [6.45, 7) is 4.62. The first-order valence-electron chi connectivity index (χ1n) is 12.7. The molecule has 0 bridgehead atoms. The molecule has 1 atom stereocenters. The quantitative estimate of drug-likeness (QED) is 0.430. The second kappa shape index (κ2) is 10.2. The average Bonchev–Trinajstić information content (AvgIpc) is 3.09. The standard InChI is InChI=1S/C31H31N3O2/c35-25(22-36-30-13-5-12-29-28(30)11-6-16-32-29)21-33-17-19-34(20-18-33)31-26-9-3-1-7-23(26)14-15-24-8-2-4-10-27(24)31/h1-16,25,31,35H,17-22H2. The van der Waals surface area contributed by atoms with Gasteiger partial charge in [0.2, 0.25) is 0 Å². The number of nitrogens with zero attached hydrogens (tertiary/aromatic N) is 3. The number of piperazine rings is 1. The number of pyridine rings is 1. The van der Waals surface area contributed by atoms with E-state index in [0.29, 0.717) is 6.54 Å². The number of aliphatic hydroxyl groups excluding tert-OH is 1. The van der Waals surface area contributed by atoms with E-state index in [-0.39, 0.29) is 12.6 Å². The van der Waals surface area contributed by atoms with Crippen molar-refractivity contribution in [1.29, 1.82) is 0 Å². The van der Waals surface area contributed by atoms with Crippen molar-refractivity contribution in [2.24, 2.45) is 0 Å². The molecule has 0 spiro atoms. The molecule has 5 nitrogen and oxygen atoms in total. The fourth-order valence-electron chi connectivity index (χ4n) is 5.51. The summed E-state index contributed by atoms with van der Waals surface area (Å²) in [4.78, 5) is 9.32. The smallest absolute Gasteiger partial charge is 0.128 e. The van der Waals surface area contributed by atoms with E-state index < -0.39 is 6.10 Å². The zero-order valence-electron chi connectivity index (χ0n) is 20.3. The van der Waals surface area contributed by atoms with Crippen molar-refractivity contribution in [2.45, 2.75) is 12.1 Å². The molecule has 1 unspecified atom stereocenters. The van der Waals surface area contributed by atoms with Gasteiger partial charge in [-0.05, 0) is 46.5 Å². The van der Waals surface area contributed by atoms with Gasteiger partial charge in [0.15, 0.2) is 0 Å². The Morgan fingerprint density at radius 1 is 0.806 bits per heavy atom. The molecule has 1 N–H and O–H groups in total. The number of fused-ring (bicyclic) bond motifs is 3. The van der Waals surface area contributed by atoms with Crippen LogP contribution in [0.1, 0.15) is 28.3 Å². The highest BCUT2D eigenvalue weighted by Crippen LogP contribution is 2.37. The highest BCUT2D eigenvalue weighted by atomic mass is 16.5. The van der Waals surface area contributed by atoms with E-state index in [9.17, 15) is 5.11 Å². The van der Waals surface area contributed by atoms with E-state index in [2.05, 4.69) is 75.5 Å². The van der Waals surface area contributed by atoms with Gasteiger partial charge in [-0.25, -0.2) is 0 Å². The summed E-state index contributed by atoms with van der Waals surface area (Å²) < 4.78 is 6.00. The number of hydrogen-bond donors (Lipinski definition) is 1. The third kappa shape index (κ3) is 4.65. The van der Waals surface area contributed by atoms with Crippen LogP contribution in [0.3, 0.4) is 0 Å². The number of ether oxygens (including phenoxy) is 1.